The number of thiazole rings is 1. The summed E-state index contributed by atoms with van der Waals surface area (Å²) in [5.74, 6) is -0.839. The maximum atomic E-state index is 10.5. The van der Waals surface area contributed by atoms with E-state index >= 15 is 0 Å². The number of carbonyl (C=O) groups is 1. The van der Waals surface area contributed by atoms with Gasteiger partial charge in [-0.25, -0.2) is 4.98 Å². The van der Waals surface area contributed by atoms with Crippen molar-refractivity contribution < 1.29 is 14.6 Å². The van der Waals surface area contributed by atoms with E-state index in [1.165, 1.54) is 11.3 Å². The summed E-state index contributed by atoms with van der Waals surface area (Å²) >= 11 is 1.44. The summed E-state index contributed by atoms with van der Waals surface area (Å²) in [6.45, 7) is 2.82. The largest absolute Gasteiger partial charge is 0.481 e. The van der Waals surface area contributed by atoms with E-state index in [0.717, 1.165) is 24.3 Å². The minimum Gasteiger partial charge on any atom is -0.481 e. The number of ether oxygens (including phenoxy) is 1. The molecule has 1 aliphatic rings. The van der Waals surface area contributed by atoms with Gasteiger partial charge in [-0.15, -0.1) is 11.3 Å². The van der Waals surface area contributed by atoms with Gasteiger partial charge < -0.3 is 9.84 Å². The number of aromatic nitrogens is 1. The number of aliphatic carboxylic acids is 1. The van der Waals surface area contributed by atoms with Crippen LogP contribution < -0.4 is 0 Å². The summed E-state index contributed by atoms with van der Waals surface area (Å²) in [4.78, 5) is 15.7. The van der Waals surface area contributed by atoms with Gasteiger partial charge in [0.25, 0.3) is 0 Å². The molecule has 5 heteroatoms. The molecule has 1 saturated heterocycles. The van der Waals surface area contributed by atoms with E-state index in [2.05, 4.69) is 4.98 Å². The Hall–Kier alpha value is -0.940. The molecular weight excluding hydrogens is 214 g/mol. The third-order valence-corrected chi connectivity index (χ3v) is 3.84. The van der Waals surface area contributed by atoms with Crippen LogP contribution in [-0.4, -0.2) is 22.7 Å². The summed E-state index contributed by atoms with van der Waals surface area (Å²) in [6.07, 6.45) is 3.79. The highest BCUT2D eigenvalue weighted by Gasteiger charge is 2.33. The molecule has 1 aromatic rings. The Kier molecular flexibility index (Phi) is 2.75. The van der Waals surface area contributed by atoms with Crippen LogP contribution in [0.3, 0.4) is 0 Å². The van der Waals surface area contributed by atoms with Gasteiger partial charge in [-0.05, 0) is 19.8 Å². The van der Waals surface area contributed by atoms with Gasteiger partial charge in [0.15, 0.2) is 0 Å². The number of nitrogens with zero attached hydrogens (tertiary/aromatic N) is 1. The maximum absolute atomic E-state index is 10.5. The number of carboxylic acids is 1. The highest BCUT2D eigenvalue weighted by molar-refractivity contribution is 7.11. The Morgan fingerprint density at radius 1 is 1.80 bits per heavy atom. The van der Waals surface area contributed by atoms with E-state index in [1.807, 2.05) is 6.92 Å². The van der Waals surface area contributed by atoms with E-state index in [9.17, 15) is 4.79 Å². The van der Waals surface area contributed by atoms with Gasteiger partial charge in [0, 0.05) is 12.8 Å². The van der Waals surface area contributed by atoms with Crippen LogP contribution in [0.2, 0.25) is 0 Å². The van der Waals surface area contributed by atoms with Crippen LogP contribution in [-0.2, 0) is 21.6 Å². The van der Waals surface area contributed by atoms with Gasteiger partial charge >= 0.3 is 5.97 Å². The van der Waals surface area contributed by atoms with E-state index in [0.29, 0.717) is 5.01 Å². The normalized spacial score (nSPS) is 25.7. The molecule has 1 N–H and O–H groups in total. The van der Waals surface area contributed by atoms with Gasteiger partial charge in [-0.3, -0.25) is 4.79 Å². The van der Waals surface area contributed by atoms with Crippen molar-refractivity contribution in [1.29, 1.82) is 0 Å². The molecule has 1 fully saturated rings. The van der Waals surface area contributed by atoms with Crippen LogP contribution in [0.4, 0.5) is 0 Å². The third-order valence-electron chi connectivity index (χ3n) is 2.60. The minimum atomic E-state index is -0.839. The van der Waals surface area contributed by atoms with Gasteiger partial charge in [0.2, 0.25) is 0 Å². The second-order valence-electron chi connectivity index (χ2n) is 3.87. The molecule has 0 aromatic carbocycles. The Labute approximate surface area is 91.9 Å². The summed E-state index contributed by atoms with van der Waals surface area (Å²) in [5.41, 5.74) is -0.242. The lowest BCUT2D eigenvalue weighted by molar-refractivity contribution is -0.136. The van der Waals surface area contributed by atoms with Gasteiger partial charge in [0.05, 0.1) is 11.3 Å². The van der Waals surface area contributed by atoms with Crippen molar-refractivity contribution in [3.05, 3.63) is 16.1 Å². The fourth-order valence-electron chi connectivity index (χ4n) is 1.74. The number of rotatable bonds is 3. The molecule has 1 aromatic heterocycles. The van der Waals surface area contributed by atoms with Crippen molar-refractivity contribution >= 4 is 17.3 Å². The molecule has 82 valence electrons. The molecule has 0 radical (unpaired) electrons. The van der Waals surface area contributed by atoms with E-state index in [-0.39, 0.29) is 12.0 Å². The minimum absolute atomic E-state index is 0.000741. The van der Waals surface area contributed by atoms with Crippen molar-refractivity contribution in [3.8, 4) is 0 Å². The second-order valence-corrected chi connectivity index (χ2v) is 4.99. The highest BCUT2D eigenvalue weighted by atomic mass is 32.1. The predicted octanol–water partition coefficient (Wildman–Crippen LogP) is 1.80. The average molecular weight is 227 g/mol. The molecule has 1 aliphatic heterocycles. The first-order valence-corrected chi connectivity index (χ1v) is 5.73. The van der Waals surface area contributed by atoms with E-state index < -0.39 is 5.97 Å². The van der Waals surface area contributed by atoms with Gasteiger partial charge in [-0.2, -0.15) is 0 Å². The van der Waals surface area contributed by atoms with Crippen LogP contribution in [0.15, 0.2) is 6.20 Å². The summed E-state index contributed by atoms with van der Waals surface area (Å²) < 4.78 is 5.67. The predicted molar refractivity (Wildman–Crippen MR) is 56.0 cm³/mol. The van der Waals surface area contributed by atoms with Gasteiger partial charge in [-0.1, -0.05) is 0 Å². The van der Waals surface area contributed by atoms with Crippen LogP contribution in [0.25, 0.3) is 0 Å². The molecule has 2 heterocycles. The number of carboxylic acid groups (broad SMARTS) is 1. The Morgan fingerprint density at radius 2 is 2.60 bits per heavy atom. The molecule has 0 aliphatic carbocycles. The van der Waals surface area contributed by atoms with Crippen LogP contribution >= 0.6 is 11.3 Å². The van der Waals surface area contributed by atoms with Crippen molar-refractivity contribution in [1.82, 2.24) is 4.98 Å². The average Bonchev–Trinajstić information content (AvgIpc) is 2.74. The van der Waals surface area contributed by atoms with Crippen molar-refractivity contribution in [2.45, 2.75) is 31.8 Å². The molecule has 4 nitrogen and oxygen atoms in total. The molecule has 0 spiro atoms. The van der Waals surface area contributed by atoms with E-state index in [1.54, 1.807) is 6.20 Å². The fourth-order valence-corrected chi connectivity index (χ4v) is 2.78. The first-order valence-electron chi connectivity index (χ1n) is 4.91. The van der Waals surface area contributed by atoms with Crippen LogP contribution in [0, 0.1) is 0 Å². The number of hydrogen-bond acceptors (Lipinski definition) is 4. The maximum Gasteiger partial charge on any atom is 0.310 e. The van der Waals surface area contributed by atoms with Crippen molar-refractivity contribution in [2.24, 2.45) is 0 Å². The molecular formula is C10H13NO3S. The number of hydrogen-bond donors (Lipinski definition) is 1. The highest BCUT2D eigenvalue weighted by Crippen LogP contribution is 2.38. The lowest BCUT2D eigenvalue weighted by Gasteiger charge is -2.20. The van der Waals surface area contributed by atoms with Gasteiger partial charge in [0.1, 0.15) is 10.6 Å². The fraction of sp³-hybridized carbons (Fsp3) is 0.600. The van der Waals surface area contributed by atoms with Crippen LogP contribution in [0.5, 0.6) is 0 Å². The third kappa shape index (κ3) is 2.18. The first kappa shape index (κ1) is 10.6. The lowest BCUT2D eigenvalue weighted by Crippen LogP contribution is -2.17. The molecule has 15 heavy (non-hydrogen) atoms. The smallest absolute Gasteiger partial charge is 0.310 e. The molecule has 0 bridgehead atoms. The lowest BCUT2D eigenvalue weighted by atomic mass is 10.0. The SMILES string of the molecule is CC1(c2cnc(CC(=O)O)s2)CCCO1. The quantitative estimate of drug-likeness (QED) is 0.855. The zero-order valence-corrected chi connectivity index (χ0v) is 9.34. The van der Waals surface area contributed by atoms with Crippen molar-refractivity contribution in [3.63, 3.8) is 0 Å². The molecule has 2 rings (SSSR count). The molecule has 0 amide bonds. The summed E-state index contributed by atoms with van der Waals surface area (Å²) in [7, 11) is 0. The van der Waals surface area contributed by atoms with Crippen molar-refractivity contribution in [2.75, 3.05) is 6.61 Å². The Bertz CT molecular complexity index is 368. The Morgan fingerprint density at radius 3 is 3.20 bits per heavy atom. The zero-order valence-electron chi connectivity index (χ0n) is 8.52. The first-order chi connectivity index (χ1) is 7.10. The standard InChI is InChI=1S/C10H13NO3S/c1-10(3-2-4-14-10)7-6-11-8(15-7)5-9(12)13/h6H,2-5H2,1H3,(H,12,13). The Balaban J connectivity index is 2.15. The summed E-state index contributed by atoms with van der Waals surface area (Å²) in [6, 6.07) is 0. The molecule has 1 unspecified atom stereocenters. The monoisotopic (exact) mass is 227 g/mol. The van der Waals surface area contributed by atoms with Crippen LogP contribution in [0.1, 0.15) is 29.7 Å². The summed E-state index contributed by atoms with van der Waals surface area (Å²) in [5, 5.41) is 9.29. The topological polar surface area (TPSA) is 59.4 Å². The second kappa shape index (κ2) is 3.90. The molecule has 0 saturated carbocycles. The zero-order chi connectivity index (χ0) is 10.9. The van der Waals surface area contributed by atoms with E-state index in [4.69, 9.17) is 9.84 Å². The molecule has 1 atom stereocenters.